The van der Waals surface area contributed by atoms with Crippen LogP contribution in [-0.4, -0.2) is 39.2 Å². The van der Waals surface area contributed by atoms with Gasteiger partial charge in [-0.3, -0.25) is 9.10 Å². The van der Waals surface area contributed by atoms with Crippen LogP contribution in [0.25, 0.3) is 0 Å². The highest BCUT2D eigenvalue weighted by Gasteiger charge is 2.31. The highest BCUT2D eigenvalue weighted by atomic mass is 35.5. The van der Waals surface area contributed by atoms with Gasteiger partial charge in [0.15, 0.2) is 0 Å². The van der Waals surface area contributed by atoms with Gasteiger partial charge in [-0.15, -0.1) is 0 Å². The highest BCUT2D eigenvalue weighted by molar-refractivity contribution is 7.92. The van der Waals surface area contributed by atoms with Gasteiger partial charge < -0.3 is 10.1 Å². The normalized spacial score (nSPS) is 12.2. The zero-order valence-corrected chi connectivity index (χ0v) is 19.2. The van der Waals surface area contributed by atoms with Crippen molar-refractivity contribution in [1.29, 1.82) is 0 Å². The fourth-order valence-corrected chi connectivity index (χ4v) is 4.37. The Kier molecular flexibility index (Phi) is 7.74. The monoisotopic (exact) mass is 472 g/mol. The van der Waals surface area contributed by atoms with Crippen molar-refractivity contribution in [3.05, 3.63) is 57.6 Å². The molecule has 0 aliphatic carbocycles. The number of nitrogens with zero attached hydrogens (tertiary/aromatic N) is 1. The third-order valence-electron chi connectivity index (χ3n) is 4.24. The molecule has 1 amide bonds. The average Bonchev–Trinajstić information content (AvgIpc) is 2.65. The Labute approximate surface area is 186 Å². The topological polar surface area (TPSA) is 92.8 Å². The Hall–Kier alpha value is -2.29. The Morgan fingerprint density at radius 2 is 1.83 bits per heavy atom. The van der Waals surface area contributed by atoms with E-state index in [1.165, 1.54) is 31.2 Å². The van der Waals surface area contributed by atoms with Crippen molar-refractivity contribution in [2.75, 3.05) is 22.5 Å². The molecule has 0 unspecified atom stereocenters. The van der Waals surface area contributed by atoms with Crippen molar-refractivity contribution in [1.82, 2.24) is 0 Å². The lowest BCUT2D eigenvalue weighted by Crippen LogP contribution is -2.45. The van der Waals surface area contributed by atoms with Gasteiger partial charge in [0.25, 0.3) is 0 Å². The second-order valence-corrected chi connectivity index (χ2v) is 9.27. The quantitative estimate of drug-likeness (QED) is 0.607. The number of halogens is 2. The van der Waals surface area contributed by atoms with Crippen molar-refractivity contribution in [2.45, 2.75) is 26.8 Å². The van der Waals surface area contributed by atoms with Crippen LogP contribution in [0.5, 0.6) is 0 Å². The Bertz CT molecular complexity index is 1070. The molecule has 1 N–H and O–H groups in total. The molecule has 0 fully saturated rings. The average molecular weight is 473 g/mol. The number of nitrogens with one attached hydrogen (secondary N) is 1. The summed E-state index contributed by atoms with van der Waals surface area (Å²) in [6.07, 6.45) is 0.973. The molecule has 0 aliphatic heterocycles. The maximum atomic E-state index is 12.9. The van der Waals surface area contributed by atoms with E-state index in [0.717, 1.165) is 10.6 Å². The van der Waals surface area contributed by atoms with E-state index >= 15 is 0 Å². The van der Waals surface area contributed by atoms with Gasteiger partial charge in [-0.25, -0.2) is 13.2 Å². The van der Waals surface area contributed by atoms with Crippen molar-refractivity contribution in [3.63, 3.8) is 0 Å². The summed E-state index contributed by atoms with van der Waals surface area (Å²) in [5.41, 5.74) is 1.41. The van der Waals surface area contributed by atoms with E-state index in [0.29, 0.717) is 11.3 Å². The zero-order chi connectivity index (χ0) is 22.6. The number of carbonyl (C=O) groups is 2. The summed E-state index contributed by atoms with van der Waals surface area (Å²) in [6.45, 7) is 5.09. The smallest absolute Gasteiger partial charge is 0.338 e. The number of anilines is 2. The van der Waals surface area contributed by atoms with Gasteiger partial charge in [0.1, 0.15) is 6.04 Å². The van der Waals surface area contributed by atoms with Crippen LogP contribution in [0.3, 0.4) is 0 Å². The summed E-state index contributed by atoms with van der Waals surface area (Å²) in [5.74, 6) is -1.13. The largest absolute Gasteiger partial charge is 0.462 e. The lowest BCUT2D eigenvalue weighted by Gasteiger charge is -2.29. The molecule has 2 aromatic rings. The van der Waals surface area contributed by atoms with Gasteiger partial charge in [-0.05, 0) is 56.7 Å². The first-order valence-electron chi connectivity index (χ1n) is 8.98. The number of rotatable bonds is 7. The summed E-state index contributed by atoms with van der Waals surface area (Å²) >= 11 is 12.2. The minimum atomic E-state index is -3.88. The van der Waals surface area contributed by atoms with E-state index in [2.05, 4.69) is 5.32 Å². The number of aryl methyl sites for hydroxylation is 1. The summed E-state index contributed by atoms with van der Waals surface area (Å²) < 4.78 is 30.8. The van der Waals surface area contributed by atoms with Gasteiger partial charge in [0, 0.05) is 10.7 Å². The molecule has 7 nitrogen and oxygen atoms in total. The molecule has 0 heterocycles. The summed E-state index contributed by atoms with van der Waals surface area (Å²) in [6, 6.07) is 7.92. The molecule has 0 saturated heterocycles. The molecular formula is C20H22Cl2N2O5S. The van der Waals surface area contributed by atoms with Crippen LogP contribution in [0, 0.1) is 6.92 Å². The van der Waals surface area contributed by atoms with Crippen LogP contribution in [0.4, 0.5) is 11.4 Å². The number of esters is 1. The molecule has 162 valence electrons. The number of amides is 1. The molecule has 0 aliphatic rings. The Balaban J connectivity index is 2.38. The SMILES string of the molecule is CCOC(=O)c1ccc(C)c(NC(=O)[C@H](C)N(c2cc(Cl)ccc2Cl)S(C)(=O)=O)c1. The van der Waals surface area contributed by atoms with Gasteiger partial charge in [0.2, 0.25) is 15.9 Å². The molecule has 10 heteroatoms. The predicted molar refractivity (Wildman–Crippen MR) is 119 cm³/mol. The van der Waals surface area contributed by atoms with Gasteiger partial charge >= 0.3 is 5.97 Å². The first-order valence-corrected chi connectivity index (χ1v) is 11.6. The second-order valence-electron chi connectivity index (χ2n) is 6.57. The van der Waals surface area contributed by atoms with Crippen molar-refractivity contribution < 1.29 is 22.7 Å². The third kappa shape index (κ3) is 5.65. The number of sulfonamides is 1. The Morgan fingerprint density at radius 1 is 1.17 bits per heavy atom. The van der Waals surface area contributed by atoms with Crippen LogP contribution in [-0.2, 0) is 19.6 Å². The molecular weight excluding hydrogens is 451 g/mol. The van der Waals surface area contributed by atoms with Gasteiger partial charge in [-0.1, -0.05) is 29.3 Å². The van der Waals surface area contributed by atoms with Crippen molar-refractivity contribution >= 4 is 56.5 Å². The van der Waals surface area contributed by atoms with Crippen LogP contribution >= 0.6 is 23.2 Å². The van der Waals surface area contributed by atoms with Crippen molar-refractivity contribution in [2.24, 2.45) is 0 Å². The second kappa shape index (κ2) is 9.68. The van der Waals surface area contributed by atoms with E-state index < -0.39 is 27.9 Å². The fraction of sp³-hybridized carbons (Fsp3) is 0.300. The molecule has 2 rings (SSSR count). The molecule has 0 bridgehead atoms. The molecule has 30 heavy (non-hydrogen) atoms. The number of hydrogen-bond donors (Lipinski definition) is 1. The molecule has 1 atom stereocenters. The first-order chi connectivity index (χ1) is 14.0. The lowest BCUT2D eigenvalue weighted by molar-refractivity contribution is -0.116. The predicted octanol–water partition coefficient (Wildman–Crippen LogP) is 4.27. The molecule has 0 radical (unpaired) electrons. The van der Waals surface area contributed by atoms with E-state index in [4.69, 9.17) is 27.9 Å². The molecule has 2 aromatic carbocycles. The van der Waals surface area contributed by atoms with E-state index in [1.807, 2.05) is 0 Å². The summed E-state index contributed by atoms with van der Waals surface area (Å²) in [5, 5.41) is 3.08. The molecule has 0 saturated carbocycles. The summed E-state index contributed by atoms with van der Waals surface area (Å²) in [7, 11) is -3.88. The minimum Gasteiger partial charge on any atom is -0.462 e. The standard InChI is InChI=1S/C20H22Cl2N2O5S/c1-5-29-20(26)14-7-6-12(2)17(10-14)23-19(25)13(3)24(30(4,27)28)18-11-15(21)8-9-16(18)22/h6-11,13H,5H2,1-4H3,(H,23,25)/t13-/m0/s1. The zero-order valence-electron chi connectivity index (χ0n) is 16.9. The fourth-order valence-electron chi connectivity index (χ4n) is 2.77. The number of carbonyl (C=O) groups excluding carboxylic acids is 2. The van der Waals surface area contributed by atoms with E-state index in [1.54, 1.807) is 26.0 Å². The first kappa shape index (κ1) is 24.0. The van der Waals surface area contributed by atoms with E-state index in [-0.39, 0.29) is 27.9 Å². The van der Waals surface area contributed by atoms with Crippen LogP contribution in [0.2, 0.25) is 10.0 Å². The van der Waals surface area contributed by atoms with Crippen molar-refractivity contribution in [3.8, 4) is 0 Å². The van der Waals surface area contributed by atoms with Gasteiger partial charge in [0.05, 0.1) is 29.1 Å². The number of ether oxygens (including phenoxy) is 1. The van der Waals surface area contributed by atoms with Gasteiger partial charge in [-0.2, -0.15) is 0 Å². The maximum absolute atomic E-state index is 12.9. The summed E-state index contributed by atoms with van der Waals surface area (Å²) in [4.78, 5) is 24.9. The number of hydrogen-bond acceptors (Lipinski definition) is 5. The minimum absolute atomic E-state index is 0.0892. The Morgan fingerprint density at radius 3 is 2.43 bits per heavy atom. The van der Waals surface area contributed by atoms with Crippen LogP contribution < -0.4 is 9.62 Å². The molecule has 0 spiro atoms. The highest BCUT2D eigenvalue weighted by Crippen LogP contribution is 2.32. The number of benzene rings is 2. The molecule has 0 aromatic heterocycles. The van der Waals surface area contributed by atoms with E-state index in [9.17, 15) is 18.0 Å². The maximum Gasteiger partial charge on any atom is 0.338 e. The van der Waals surface area contributed by atoms with Crippen LogP contribution in [0.15, 0.2) is 36.4 Å². The van der Waals surface area contributed by atoms with Crippen LogP contribution in [0.1, 0.15) is 29.8 Å². The third-order valence-corrected chi connectivity index (χ3v) is 6.02. The lowest BCUT2D eigenvalue weighted by atomic mass is 10.1.